The molecule has 2 atom stereocenters. The highest BCUT2D eigenvalue weighted by Gasteiger charge is 2.39. The van der Waals surface area contributed by atoms with E-state index in [1.807, 2.05) is 0 Å². The van der Waals surface area contributed by atoms with Gasteiger partial charge in [-0.2, -0.15) is 0 Å². The molecule has 1 aliphatic rings. The molecule has 1 heterocycles. The quantitative estimate of drug-likeness (QED) is 0.536. The molecule has 0 amide bonds. The Morgan fingerprint density at radius 3 is 2.45 bits per heavy atom. The van der Waals surface area contributed by atoms with Gasteiger partial charge in [0.15, 0.2) is 0 Å². The van der Waals surface area contributed by atoms with Crippen molar-refractivity contribution in [2.24, 2.45) is 17.3 Å². The average molecular weight is 314 g/mol. The Hall–Kier alpha value is -0.625. The van der Waals surface area contributed by atoms with Crippen LogP contribution in [0.25, 0.3) is 0 Å². The maximum atomic E-state index is 11.5. The predicted molar refractivity (Wildman–Crippen MR) is 87.6 cm³/mol. The van der Waals surface area contributed by atoms with Crippen LogP contribution in [0.5, 0.6) is 0 Å². The van der Waals surface area contributed by atoms with Crippen molar-refractivity contribution in [3.05, 3.63) is 0 Å². The Balaban J connectivity index is 2.56. The summed E-state index contributed by atoms with van der Waals surface area (Å²) >= 11 is 0. The third kappa shape index (κ3) is 6.65. The van der Waals surface area contributed by atoms with Gasteiger partial charge in [-0.15, -0.1) is 0 Å². The fourth-order valence-corrected chi connectivity index (χ4v) is 3.74. The SMILES string of the molecule is CN(C)CC(C)(C)CN1C[C@H](CCCB(O)O)[C@H](C(=O)O)C1. The largest absolute Gasteiger partial charge is 0.481 e. The lowest BCUT2D eigenvalue weighted by molar-refractivity contribution is -0.142. The molecule has 0 bridgehead atoms. The lowest BCUT2D eigenvalue weighted by Crippen LogP contribution is -2.39. The molecule has 0 unspecified atom stereocenters. The number of carboxylic acids is 1. The molecule has 0 aromatic heterocycles. The third-order valence-corrected chi connectivity index (χ3v) is 4.27. The highest BCUT2D eigenvalue weighted by molar-refractivity contribution is 6.40. The van der Waals surface area contributed by atoms with E-state index in [4.69, 9.17) is 10.0 Å². The van der Waals surface area contributed by atoms with Crippen LogP contribution >= 0.6 is 0 Å². The summed E-state index contributed by atoms with van der Waals surface area (Å²) in [4.78, 5) is 15.9. The van der Waals surface area contributed by atoms with Gasteiger partial charge in [0.25, 0.3) is 0 Å². The van der Waals surface area contributed by atoms with Crippen LogP contribution in [0.15, 0.2) is 0 Å². The summed E-state index contributed by atoms with van der Waals surface area (Å²) in [7, 11) is 2.81. The molecule has 6 nitrogen and oxygen atoms in total. The minimum Gasteiger partial charge on any atom is -0.481 e. The van der Waals surface area contributed by atoms with Crippen LogP contribution in [-0.4, -0.2) is 78.3 Å². The van der Waals surface area contributed by atoms with Gasteiger partial charge in [0.1, 0.15) is 0 Å². The van der Waals surface area contributed by atoms with E-state index in [1.165, 1.54) is 0 Å². The molecule has 0 aromatic rings. The fraction of sp³-hybridized carbons (Fsp3) is 0.933. The molecule has 0 spiro atoms. The van der Waals surface area contributed by atoms with Crippen molar-refractivity contribution >= 4 is 13.1 Å². The Kier molecular flexibility index (Phi) is 7.32. The number of aliphatic carboxylic acids is 1. The minimum atomic E-state index is -1.29. The van der Waals surface area contributed by atoms with Gasteiger partial charge in [0, 0.05) is 26.2 Å². The molecule has 128 valence electrons. The average Bonchev–Trinajstić information content (AvgIpc) is 2.68. The summed E-state index contributed by atoms with van der Waals surface area (Å²) in [6.45, 7) is 7.64. The molecule has 3 N–H and O–H groups in total. The zero-order valence-corrected chi connectivity index (χ0v) is 14.3. The van der Waals surface area contributed by atoms with Gasteiger partial charge < -0.3 is 25.0 Å². The molecule has 22 heavy (non-hydrogen) atoms. The smallest absolute Gasteiger partial charge is 0.451 e. The summed E-state index contributed by atoms with van der Waals surface area (Å²) in [5.74, 6) is -0.972. The van der Waals surface area contributed by atoms with Crippen LogP contribution in [0.2, 0.25) is 6.32 Å². The minimum absolute atomic E-state index is 0.103. The van der Waals surface area contributed by atoms with Crippen molar-refractivity contribution < 1.29 is 19.9 Å². The molecule has 1 fully saturated rings. The first-order chi connectivity index (χ1) is 10.1. The molecule has 0 aromatic carbocycles. The Labute approximate surface area is 134 Å². The van der Waals surface area contributed by atoms with Crippen LogP contribution in [0.4, 0.5) is 0 Å². The molecule has 7 heteroatoms. The van der Waals surface area contributed by atoms with E-state index in [0.29, 0.717) is 19.3 Å². The van der Waals surface area contributed by atoms with Crippen LogP contribution in [0.3, 0.4) is 0 Å². The van der Waals surface area contributed by atoms with Gasteiger partial charge >= 0.3 is 13.1 Å². The fourth-order valence-electron chi connectivity index (χ4n) is 3.74. The van der Waals surface area contributed by atoms with Gasteiger partial charge in [-0.05, 0) is 38.2 Å². The van der Waals surface area contributed by atoms with E-state index in [-0.39, 0.29) is 17.3 Å². The number of carbonyl (C=O) groups is 1. The number of rotatable bonds is 9. The normalized spacial score (nSPS) is 23.2. The topological polar surface area (TPSA) is 84.2 Å². The predicted octanol–water partition coefficient (Wildman–Crippen LogP) is 0.460. The Bertz CT molecular complexity index is 363. The van der Waals surface area contributed by atoms with Gasteiger partial charge in [0.2, 0.25) is 0 Å². The highest BCUT2D eigenvalue weighted by atomic mass is 16.4. The maximum Gasteiger partial charge on any atom is 0.451 e. The van der Waals surface area contributed by atoms with Gasteiger partial charge in [-0.25, -0.2) is 0 Å². The Morgan fingerprint density at radius 1 is 1.32 bits per heavy atom. The maximum absolute atomic E-state index is 11.5. The second-order valence-electron chi connectivity index (χ2n) is 7.71. The molecular formula is C15H31BN2O4. The molecule has 0 radical (unpaired) electrons. The van der Waals surface area contributed by atoms with Gasteiger partial charge in [-0.1, -0.05) is 20.3 Å². The summed E-state index contributed by atoms with van der Waals surface area (Å²) < 4.78 is 0. The molecule has 1 aliphatic heterocycles. The lowest BCUT2D eigenvalue weighted by Gasteiger charge is -2.32. The zero-order chi connectivity index (χ0) is 16.9. The third-order valence-electron chi connectivity index (χ3n) is 4.27. The number of nitrogens with zero attached hydrogens (tertiary/aromatic N) is 2. The van der Waals surface area contributed by atoms with E-state index < -0.39 is 13.1 Å². The standard InChI is InChI=1S/C15H31BN2O4/c1-15(2,10-17(3)4)11-18-8-12(6-5-7-16(21)22)13(9-18)14(19)20/h12-13,21-22H,5-11H2,1-4H3,(H,19,20)/t12-,13+/m0/s1. The zero-order valence-electron chi connectivity index (χ0n) is 14.3. The number of hydrogen-bond acceptors (Lipinski definition) is 5. The van der Waals surface area contributed by atoms with Crippen molar-refractivity contribution in [3.63, 3.8) is 0 Å². The van der Waals surface area contributed by atoms with Crippen molar-refractivity contribution in [2.45, 2.75) is 33.0 Å². The summed E-state index contributed by atoms with van der Waals surface area (Å²) in [5, 5.41) is 27.2. The second kappa shape index (κ2) is 8.29. The number of hydrogen-bond donors (Lipinski definition) is 3. The molecule has 0 aliphatic carbocycles. The van der Waals surface area contributed by atoms with E-state index in [0.717, 1.165) is 26.1 Å². The summed E-state index contributed by atoms with van der Waals surface area (Å²) in [6.07, 6.45) is 1.70. The first kappa shape index (κ1) is 19.4. The van der Waals surface area contributed by atoms with Crippen LogP contribution in [0.1, 0.15) is 26.7 Å². The number of likely N-dealkylation sites (tertiary alicyclic amines) is 1. The summed E-state index contributed by atoms with van der Waals surface area (Å²) in [5.41, 5.74) is 0.114. The summed E-state index contributed by atoms with van der Waals surface area (Å²) in [6, 6.07) is 0. The van der Waals surface area contributed by atoms with E-state index in [1.54, 1.807) is 0 Å². The second-order valence-corrected chi connectivity index (χ2v) is 7.71. The van der Waals surface area contributed by atoms with Crippen molar-refractivity contribution in [2.75, 3.05) is 40.3 Å². The molecule has 1 saturated heterocycles. The molecule has 0 saturated carbocycles. The van der Waals surface area contributed by atoms with Gasteiger partial charge in [-0.3, -0.25) is 4.79 Å². The first-order valence-corrected chi connectivity index (χ1v) is 8.07. The van der Waals surface area contributed by atoms with E-state index >= 15 is 0 Å². The van der Waals surface area contributed by atoms with E-state index in [2.05, 4.69) is 37.7 Å². The highest BCUT2D eigenvalue weighted by Crippen LogP contribution is 2.31. The van der Waals surface area contributed by atoms with Crippen molar-refractivity contribution in [1.82, 2.24) is 9.80 Å². The first-order valence-electron chi connectivity index (χ1n) is 8.07. The van der Waals surface area contributed by atoms with Crippen molar-refractivity contribution in [3.8, 4) is 0 Å². The van der Waals surface area contributed by atoms with Crippen LogP contribution in [-0.2, 0) is 4.79 Å². The van der Waals surface area contributed by atoms with Crippen LogP contribution in [0, 0.1) is 17.3 Å². The van der Waals surface area contributed by atoms with Crippen LogP contribution < -0.4 is 0 Å². The van der Waals surface area contributed by atoms with Crippen molar-refractivity contribution in [1.29, 1.82) is 0 Å². The molecular weight excluding hydrogens is 283 g/mol. The number of carboxylic acid groups (broad SMARTS) is 1. The Morgan fingerprint density at radius 2 is 1.95 bits per heavy atom. The lowest BCUT2D eigenvalue weighted by atomic mass is 9.80. The monoisotopic (exact) mass is 314 g/mol. The van der Waals surface area contributed by atoms with E-state index in [9.17, 15) is 9.90 Å². The van der Waals surface area contributed by atoms with Gasteiger partial charge in [0.05, 0.1) is 5.92 Å². The molecule has 1 rings (SSSR count).